The summed E-state index contributed by atoms with van der Waals surface area (Å²) in [4.78, 5) is 50.5. The van der Waals surface area contributed by atoms with E-state index in [-0.39, 0.29) is 46.4 Å². The fourth-order valence-electron chi connectivity index (χ4n) is 4.02. The van der Waals surface area contributed by atoms with E-state index in [9.17, 15) is 19.2 Å². The molecule has 9 heteroatoms. The van der Waals surface area contributed by atoms with Gasteiger partial charge in [0, 0.05) is 36.4 Å². The molecule has 3 aliphatic rings. The molecule has 1 spiro atoms. The Bertz CT molecular complexity index is 1040. The molecule has 2 aliphatic carbocycles. The average molecular weight is 510 g/mol. The molecule has 0 atom stereocenters. The van der Waals surface area contributed by atoms with Crippen LogP contribution in [0.2, 0.25) is 0 Å². The summed E-state index contributed by atoms with van der Waals surface area (Å²) in [6.45, 7) is 0.481. The van der Waals surface area contributed by atoms with E-state index in [1.54, 1.807) is 12.2 Å². The fourth-order valence-corrected chi connectivity index (χ4v) is 5.53. The second-order valence-corrected chi connectivity index (χ2v) is 8.46. The van der Waals surface area contributed by atoms with E-state index in [0.717, 1.165) is 0 Å². The molecule has 0 unspecified atom stereocenters. The average Bonchev–Trinajstić information content (AvgIpc) is 3.03. The van der Waals surface area contributed by atoms with Crippen LogP contribution >= 0.6 is 31.9 Å². The van der Waals surface area contributed by atoms with Gasteiger partial charge in [-0.25, -0.2) is 0 Å². The summed E-state index contributed by atoms with van der Waals surface area (Å²) >= 11 is 6.53. The van der Waals surface area contributed by atoms with E-state index >= 15 is 0 Å². The molecular weight excluding hydrogens is 496 g/mol. The lowest BCUT2D eigenvalue weighted by Crippen LogP contribution is -2.44. The summed E-state index contributed by atoms with van der Waals surface area (Å²) in [6, 6.07) is 0. The number of ketones is 3. The van der Waals surface area contributed by atoms with Crippen molar-refractivity contribution in [2.24, 2.45) is 5.41 Å². The molecule has 28 heavy (non-hydrogen) atoms. The van der Waals surface area contributed by atoms with Gasteiger partial charge in [0.15, 0.2) is 12.1 Å². The molecule has 1 aliphatic heterocycles. The van der Waals surface area contributed by atoms with Gasteiger partial charge in [0.2, 0.25) is 11.6 Å². The maximum Gasteiger partial charge on any atom is 0.226 e. The standard InChI is InChI=1S/C19H14Br2N2O5/c1-28-8-23-6-9(7-24)12-15(23)18(27)14-13(17(12)26)19(2-3-22-14)4-10(20)16(25)11(21)5-19/h4-7,22H,2-3,8H2,1H3. The molecule has 1 aromatic heterocycles. The number of halogens is 2. The molecule has 2 heterocycles. The van der Waals surface area contributed by atoms with Gasteiger partial charge >= 0.3 is 0 Å². The summed E-state index contributed by atoms with van der Waals surface area (Å²) < 4.78 is 7.19. The van der Waals surface area contributed by atoms with E-state index in [1.807, 2.05) is 0 Å². The predicted octanol–water partition coefficient (Wildman–Crippen LogP) is 2.66. The van der Waals surface area contributed by atoms with Crippen molar-refractivity contribution in [3.05, 3.63) is 55.4 Å². The summed E-state index contributed by atoms with van der Waals surface area (Å²) in [6.07, 6.45) is 5.82. The molecular formula is C19H14Br2N2O5. The minimum atomic E-state index is -0.930. The highest BCUT2D eigenvalue weighted by molar-refractivity contribution is 9.13. The van der Waals surface area contributed by atoms with Gasteiger partial charge in [0.25, 0.3) is 0 Å². The van der Waals surface area contributed by atoms with Crippen LogP contribution in [0.5, 0.6) is 0 Å². The van der Waals surface area contributed by atoms with Gasteiger partial charge in [-0.2, -0.15) is 0 Å². The van der Waals surface area contributed by atoms with Crippen molar-refractivity contribution in [3.63, 3.8) is 0 Å². The Morgan fingerprint density at radius 3 is 2.46 bits per heavy atom. The van der Waals surface area contributed by atoms with Gasteiger partial charge < -0.3 is 14.6 Å². The quantitative estimate of drug-likeness (QED) is 0.629. The third kappa shape index (κ3) is 2.57. The molecule has 0 amide bonds. The van der Waals surface area contributed by atoms with Gasteiger partial charge in [-0.15, -0.1) is 0 Å². The Morgan fingerprint density at radius 1 is 1.18 bits per heavy atom. The van der Waals surface area contributed by atoms with Gasteiger partial charge in [-0.05, 0) is 38.3 Å². The molecule has 0 aromatic carbocycles. The number of fused-ring (bicyclic) bond motifs is 2. The highest BCUT2D eigenvalue weighted by atomic mass is 79.9. The number of aromatic nitrogens is 1. The van der Waals surface area contributed by atoms with Crippen molar-refractivity contribution < 1.29 is 23.9 Å². The second-order valence-electron chi connectivity index (χ2n) is 6.75. The fraction of sp³-hybridized carbons (Fsp3) is 0.263. The maximum atomic E-state index is 13.5. The van der Waals surface area contributed by atoms with Crippen LogP contribution in [-0.2, 0) is 16.3 Å². The van der Waals surface area contributed by atoms with Crippen LogP contribution in [0.25, 0.3) is 0 Å². The number of hydrogen-bond acceptors (Lipinski definition) is 6. The van der Waals surface area contributed by atoms with Crippen LogP contribution in [0.1, 0.15) is 37.6 Å². The highest BCUT2D eigenvalue weighted by Crippen LogP contribution is 2.48. The van der Waals surface area contributed by atoms with E-state index in [1.165, 1.54) is 17.9 Å². The normalized spacial score (nSPS) is 20.5. The minimum absolute atomic E-state index is 0.0361. The summed E-state index contributed by atoms with van der Waals surface area (Å²) in [5, 5.41) is 3.04. The Morgan fingerprint density at radius 2 is 1.86 bits per heavy atom. The Hall–Kier alpha value is -2.10. The first kappa shape index (κ1) is 19.2. The number of carbonyl (C=O) groups is 4. The molecule has 0 radical (unpaired) electrons. The third-order valence-electron chi connectivity index (χ3n) is 5.16. The monoisotopic (exact) mass is 508 g/mol. The Kier molecular flexibility index (Phi) is 4.64. The first-order valence-corrected chi connectivity index (χ1v) is 10.00. The molecule has 1 N–H and O–H groups in total. The Balaban J connectivity index is 1.98. The first-order chi connectivity index (χ1) is 13.3. The third-order valence-corrected chi connectivity index (χ3v) is 6.34. The first-order valence-electron chi connectivity index (χ1n) is 8.41. The summed E-state index contributed by atoms with van der Waals surface area (Å²) in [5.74, 6) is -1.02. The lowest BCUT2D eigenvalue weighted by atomic mass is 9.67. The number of nitrogens with one attached hydrogen (secondary N) is 1. The zero-order valence-electron chi connectivity index (χ0n) is 14.7. The number of methoxy groups -OCH3 is 1. The molecule has 0 saturated carbocycles. The topological polar surface area (TPSA) is 94.5 Å². The van der Waals surface area contributed by atoms with Gasteiger partial charge in [0.1, 0.15) is 12.4 Å². The lowest BCUT2D eigenvalue weighted by molar-refractivity contribution is -0.111. The van der Waals surface area contributed by atoms with E-state index < -0.39 is 11.2 Å². The molecule has 4 rings (SSSR count). The van der Waals surface area contributed by atoms with Crippen LogP contribution in [0.4, 0.5) is 0 Å². The van der Waals surface area contributed by atoms with Gasteiger partial charge in [0.05, 0.1) is 20.2 Å². The number of Topliss-reactive ketones (excluding diaryl/α,β-unsaturated/α-hetero) is 3. The van der Waals surface area contributed by atoms with E-state index in [0.29, 0.717) is 28.2 Å². The highest BCUT2D eigenvalue weighted by Gasteiger charge is 2.49. The van der Waals surface area contributed by atoms with Crippen molar-refractivity contribution >= 4 is 55.5 Å². The van der Waals surface area contributed by atoms with Crippen molar-refractivity contribution in [3.8, 4) is 0 Å². The molecule has 0 fully saturated rings. The molecule has 1 aromatic rings. The van der Waals surface area contributed by atoms with Crippen LogP contribution < -0.4 is 5.32 Å². The number of allylic oxidation sites excluding steroid dienone is 6. The van der Waals surface area contributed by atoms with Gasteiger partial charge in [-0.1, -0.05) is 12.2 Å². The predicted molar refractivity (Wildman–Crippen MR) is 107 cm³/mol. The van der Waals surface area contributed by atoms with Crippen molar-refractivity contribution in [1.82, 2.24) is 9.88 Å². The zero-order valence-corrected chi connectivity index (χ0v) is 17.8. The number of hydrogen-bond donors (Lipinski definition) is 1. The lowest BCUT2D eigenvalue weighted by Gasteiger charge is -2.39. The van der Waals surface area contributed by atoms with Crippen molar-refractivity contribution in [2.75, 3.05) is 13.7 Å². The van der Waals surface area contributed by atoms with Crippen LogP contribution in [0.3, 0.4) is 0 Å². The van der Waals surface area contributed by atoms with Crippen LogP contribution in [0, 0.1) is 5.41 Å². The molecule has 144 valence electrons. The van der Waals surface area contributed by atoms with E-state index in [2.05, 4.69) is 37.2 Å². The minimum Gasteiger partial charge on any atom is -0.381 e. The van der Waals surface area contributed by atoms with Crippen molar-refractivity contribution in [2.45, 2.75) is 13.2 Å². The number of ether oxygens (including phenoxy) is 1. The Labute approximate surface area is 176 Å². The van der Waals surface area contributed by atoms with Crippen molar-refractivity contribution in [1.29, 1.82) is 0 Å². The number of rotatable bonds is 3. The SMILES string of the molecule is COCn1cc(C=O)c2c1C(=O)C1=C(C2=O)C2(C=C(Br)C(=O)C(Br)=C2)CCN1. The van der Waals surface area contributed by atoms with Crippen LogP contribution in [0.15, 0.2) is 38.6 Å². The zero-order chi connectivity index (χ0) is 20.2. The molecule has 0 bridgehead atoms. The maximum absolute atomic E-state index is 13.5. The van der Waals surface area contributed by atoms with E-state index in [4.69, 9.17) is 4.74 Å². The smallest absolute Gasteiger partial charge is 0.226 e. The number of carbonyl (C=O) groups excluding carboxylic acids is 4. The second kappa shape index (κ2) is 6.75. The number of aldehydes is 1. The van der Waals surface area contributed by atoms with Crippen LogP contribution in [-0.4, -0.2) is 41.9 Å². The largest absolute Gasteiger partial charge is 0.381 e. The summed E-state index contributed by atoms with van der Waals surface area (Å²) in [7, 11) is 1.46. The molecule has 0 saturated heterocycles. The number of nitrogens with zero attached hydrogens (tertiary/aromatic N) is 1. The van der Waals surface area contributed by atoms with Gasteiger partial charge in [-0.3, -0.25) is 19.2 Å². The summed E-state index contributed by atoms with van der Waals surface area (Å²) in [5.41, 5.74) is -0.147. The molecule has 7 nitrogen and oxygen atoms in total.